The van der Waals surface area contributed by atoms with Gasteiger partial charge in [0.1, 0.15) is 5.75 Å². The number of rotatable bonds is 2. The van der Waals surface area contributed by atoms with Gasteiger partial charge in [-0.1, -0.05) is 0 Å². The van der Waals surface area contributed by atoms with Gasteiger partial charge in [0.05, 0.1) is 4.47 Å². The molecule has 0 amide bonds. The Morgan fingerprint density at radius 2 is 2.06 bits per heavy atom. The molecule has 1 aliphatic rings. The van der Waals surface area contributed by atoms with Gasteiger partial charge in [-0.05, 0) is 46.6 Å². The van der Waals surface area contributed by atoms with E-state index in [2.05, 4.69) is 20.9 Å². The van der Waals surface area contributed by atoms with Gasteiger partial charge in [-0.2, -0.15) is 0 Å². The molecule has 5 heteroatoms. The van der Waals surface area contributed by atoms with Gasteiger partial charge in [0, 0.05) is 12.3 Å². The number of hydrogen-bond acceptors (Lipinski definition) is 4. The van der Waals surface area contributed by atoms with Crippen LogP contribution in [0.3, 0.4) is 0 Å². The molecule has 0 saturated carbocycles. The number of halogens is 1. The van der Waals surface area contributed by atoms with Gasteiger partial charge in [-0.3, -0.25) is 0 Å². The van der Waals surface area contributed by atoms with E-state index in [4.69, 9.17) is 14.2 Å². The highest BCUT2D eigenvalue weighted by atomic mass is 79.9. The quantitative estimate of drug-likeness (QED) is 0.848. The van der Waals surface area contributed by atoms with Crippen molar-refractivity contribution < 1.29 is 14.2 Å². The predicted octanol–water partition coefficient (Wildman–Crippen LogP) is 3.67. The third-order valence-corrected chi connectivity index (χ3v) is 3.57. The molecule has 1 aromatic heterocycles. The summed E-state index contributed by atoms with van der Waals surface area (Å²) in [6.45, 7) is 2.24. The standard InChI is InChI=1S/C13H10BrNO3/c1-8-4-5-15-13(12(8)14)18-9-2-3-10-11(6-9)17-7-16-10/h2-6H,7H2,1H3. The van der Waals surface area contributed by atoms with E-state index in [1.54, 1.807) is 12.3 Å². The van der Waals surface area contributed by atoms with E-state index in [1.807, 2.05) is 25.1 Å². The minimum Gasteiger partial charge on any atom is -0.454 e. The SMILES string of the molecule is Cc1ccnc(Oc2ccc3c(c2)OCO3)c1Br. The van der Waals surface area contributed by atoms with Crippen molar-refractivity contribution in [3.63, 3.8) is 0 Å². The van der Waals surface area contributed by atoms with Crippen molar-refractivity contribution in [2.45, 2.75) is 6.92 Å². The van der Waals surface area contributed by atoms with Gasteiger partial charge in [0.25, 0.3) is 0 Å². The van der Waals surface area contributed by atoms with Crippen molar-refractivity contribution in [2.75, 3.05) is 6.79 Å². The number of hydrogen-bond donors (Lipinski definition) is 0. The first-order chi connectivity index (χ1) is 8.74. The number of aryl methyl sites for hydroxylation is 1. The van der Waals surface area contributed by atoms with E-state index in [0.29, 0.717) is 17.4 Å². The summed E-state index contributed by atoms with van der Waals surface area (Å²) in [6.07, 6.45) is 1.71. The van der Waals surface area contributed by atoms with Gasteiger partial charge in [0.15, 0.2) is 11.5 Å². The summed E-state index contributed by atoms with van der Waals surface area (Å²) in [5.41, 5.74) is 1.07. The van der Waals surface area contributed by atoms with E-state index < -0.39 is 0 Å². The Hall–Kier alpha value is -1.75. The molecule has 92 valence electrons. The lowest BCUT2D eigenvalue weighted by Gasteiger charge is -2.08. The van der Waals surface area contributed by atoms with Crippen molar-refractivity contribution in [3.8, 4) is 23.1 Å². The first kappa shape index (κ1) is 11.3. The zero-order valence-corrected chi connectivity index (χ0v) is 11.2. The Bertz CT molecular complexity index is 601. The highest BCUT2D eigenvalue weighted by Crippen LogP contribution is 2.37. The molecule has 1 aliphatic heterocycles. The summed E-state index contributed by atoms with van der Waals surface area (Å²) < 4.78 is 17.1. The molecule has 0 fully saturated rings. The average molecular weight is 308 g/mol. The molecule has 2 aromatic rings. The fraction of sp³-hybridized carbons (Fsp3) is 0.154. The van der Waals surface area contributed by atoms with Crippen LogP contribution < -0.4 is 14.2 Å². The summed E-state index contributed by atoms with van der Waals surface area (Å²) in [6, 6.07) is 7.35. The lowest BCUT2D eigenvalue weighted by atomic mass is 10.3. The molecular formula is C13H10BrNO3. The van der Waals surface area contributed by atoms with Crippen molar-refractivity contribution >= 4 is 15.9 Å². The average Bonchev–Trinajstić information content (AvgIpc) is 2.82. The Morgan fingerprint density at radius 1 is 1.22 bits per heavy atom. The van der Waals surface area contributed by atoms with Crippen LogP contribution >= 0.6 is 15.9 Å². The van der Waals surface area contributed by atoms with Crippen LogP contribution in [-0.4, -0.2) is 11.8 Å². The normalized spacial score (nSPS) is 12.6. The number of nitrogens with zero attached hydrogens (tertiary/aromatic N) is 1. The maximum Gasteiger partial charge on any atom is 0.233 e. The van der Waals surface area contributed by atoms with Gasteiger partial charge in [0.2, 0.25) is 12.7 Å². The van der Waals surface area contributed by atoms with Gasteiger partial charge in [-0.15, -0.1) is 0 Å². The van der Waals surface area contributed by atoms with Crippen LogP contribution in [0.5, 0.6) is 23.1 Å². The van der Waals surface area contributed by atoms with Gasteiger partial charge in [-0.25, -0.2) is 4.98 Å². The monoisotopic (exact) mass is 307 g/mol. The lowest BCUT2D eigenvalue weighted by Crippen LogP contribution is -1.93. The van der Waals surface area contributed by atoms with Crippen molar-refractivity contribution in [1.29, 1.82) is 0 Å². The molecule has 0 aliphatic carbocycles. The Labute approximate surface area is 113 Å². The van der Waals surface area contributed by atoms with Gasteiger partial charge < -0.3 is 14.2 Å². The Balaban J connectivity index is 1.90. The molecule has 4 nitrogen and oxygen atoms in total. The summed E-state index contributed by atoms with van der Waals surface area (Å²) in [5, 5.41) is 0. The maximum atomic E-state index is 5.72. The molecule has 0 atom stereocenters. The Kier molecular flexibility index (Phi) is 2.83. The maximum absolute atomic E-state index is 5.72. The largest absolute Gasteiger partial charge is 0.454 e. The predicted molar refractivity (Wildman–Crippen MR) is 69.3 cm³/mol. The summed E-state index contributed by atoms with van der Waals surface area (Å²) >= 11 is 3.46. The highest BCUT2D eigenvalue weighted by Gasteiger charge is 2.15. The molecule has 18 heavy (non-hydrogen) atoms. The molecule has 0 radical (unpaired) electrons. The van der Waals surface area contributed by atoms with Crippen molar-refractivity contribution in [1.82, 2.24) is 4.98 Å². The second-order valence-corrected chi connectivity index (χ2v) is 4.66. The van der Waals surface area contributed by atoms with Crippen LogP contribution in [0.15, 0.2) is 34.9 Å². The zero-order valence-electron chi connectivity index (χ0n) is 9.64. The molecule has 1 aromatic carbocycles. The van der Waals surface area contributed by atoms with E-state index in [9.17, 15) is 0 Å². The molecule has 0 unspecified atom stereocenters. The third-order valence-electron chi connectivity index (χ3n) is 2.61. The first-order valence-electron chi connectivity index (χ1n) is 5.42. The van der Waals surface area contributed by atoms with Crippen LogP contribution in [0.1, 0.15) is 5.56 Å². The smallest absolute Gasteiger partial charge is 0.233 e. The third kappa shape index (κ3) is 2.01. The topological polar surface area (TPSA) is 40.6 Å². The van der Waals surface area contributed by atoms with Crippen LogP contribution in [0.2, 0.25) is 0 Å². The molecular weight excluding hydrogens is 298 g/mol. The van der Waals surface area contributed by atoms with Gasteiger partial charge >= 0.3 is 0 Å². The van der Waals surface area contributed by atoms with E-state index in [0.717, 1.165) is 15.8 Å². The number of aromatic nitrogens is 1. The zero-order chi connectivity index (χ0) is 12.5. The number of benzene rings is 1. The van der Waals surface area contributed by atoms with Crippen molar-refractivity contribution in [3.05, 3.63) is 40.5 Å². The fourth-order valence-corrected chi connectivity index (χ4v) is 1.95. The fourth-order valence-electron chi connectivity index (χ4n) is 1.64. The number of pyridine rings is 1. The Morgan fingerprint density at radius 3 is 2.94 bits per heavy atom. The van der Waals surface area contributed by atoms with Crippen LogP contribution in [0.4, 0.5) is 0 Å². The van der Waals surface area contributed by atoms with E-state index in [1.165, 1.54) is 0 Å². The van der Waals surface area contributed by atoms with Crippen molar-refractivity contribution in [2.24, 2.45) is 0 Å². The summed E-state index contributed by atoms with van der Waals surface area (Å²) in [7, 11) is 0. The summed E-state index contributed by atoms with van der Waals surface area (Å²) in [4.78, 5) is 4.19. The second kappa shape index (κ2) is 4.49. The molecule has 0 saturated heterocycles. The molecule has 3 rings (SSSR count). The van der Waals surface area contributed by atoms with Crippen LogP contribution in [0.25, 0.3) is 0 Å². The van der Waals surface area contributed by atoms with Crippen LogP contribution in [0, 0.1) is 6.92 Å². The number of fused-ring (bicyclic) bond motifs is 1. The van der Waals surface area contributed by atoms with Crippen LogP contribution in [-0.2, 0) is 0 Å². The first-order valence-corrected chi connectivity index (χ1v) is 6.22. The minimum absolute atomic E-state index is 0.255. The highest BCUT2D eigenvalue weighted by molar-refractivity contribution is 9.10. The lowest BCUT2D eigenvalue weighted by molar-refractivity contribution is 0.174. The second-order valence-electron chi connectivity index (χ2n) is 3.86. The molecule has 0 N–H and O–H groups in total. The number of ether oxygens (including phenoxy) is 3. The molecule has 0 bridgehead atoms. The van der Waals surface area contributed by atoms with E-state index >= 15 is 0 Å². The van der Waals surface area contributed by atoms with E-state index in [-0.39, 0.29) is 6.79 Å². The summed E-state index contributed by atoms with van der Waals surface area (Å²) in [5.74, 6) is 2.63. The minimum atomic E-state index is 0.255. The molecule has 2 heterocycles. The molecule has 0 spiro atoms.